The van der Waals surface area contributed by atoms with Crippen molar-refractivity contribution in [3.05, 3.63) is 34.9 Å². The van der Waals surface area contributed by atoms with Gasteiger partial charge in [0.2, 0.25) is 0 Å². The molecule has 0 radical (unpaired) electrons. The van der Waals surface area contributed by atoms with Crippen LogP contribution in [-0.2, 0) is 16.0 Å². The number of aryl methyl sites for hydroxylation is 1. The molecule has 4 nitrogen and oxygen atoms in total. The second-order valence-corrected chi connectivity index (χ2v) is 4.14. The first-order valence-corrected chi connectivity index (χ1v) is 5.69. The number of carbonyl (C=O) groups excluding carboxylic acids is 2. The SMILES string of the molecule is CCOC(=O)C1Cc2cc(C)ccc2C(=O)N1. The lowest BCUT2D eigenvalue weighted by molar-refractivity contribution is -0.145. The third kappa shape index (κ3) is 2.30. The number of hydrogen-bond acceptors (Lipinski definition) is 3. The van der Waals surface area contributed by atoms with Crippen molar-refractivity contribution >= 4 is 11.9 Å². The molecule has 90 valence electrons. The number of hydrogen-bond donors (Lipinski definition) is 1. The van der Waals surface area contributed by atoms with Crippen LogP contribution in [0.3, 0.4) is 0 Å². The van der Waals surface area contributed by atoms with Gasteiger partial charge in [0.25, 0.3) is 5.91 Å². The molecule has 0 fully saturated rings. The lowest BCUT2D eigenvalue weighted by atomic mass is 9.94. The van der Waals surface area contributed by atoms with Crippen LogP contribution in [0.1, 0.15) is 28.4 Å². The molecule has 1 aliphatic heterocycles. The van der Waals surface area contributed by atoms with Gasteiger partial charge < -0.3 is 10.1 Å². The molecular weight excluding hydrogens is 218 g/mol. The Morgan fingerprint density at radius 2 is 2.29 bits per heavy atom. The van der Waals surface area contributed by atoms with E-state index in [0.29, 0.717) is 18.6 Å². The summed E-state index contributed by atoms with van der Waals surface area (Å²) in [4.78, 5) is 23.4. The molecule has 1 amide bonds. The number of amides is 1. The smallest absolute Gasteiger partial charge is 0.328 e. The summed E-state index contributed by atoms with van der Waals surface area (Å²) in [7, 11) is 0. The standard InChI is InChI=1S/C13H15NO3/c1-3-17-13(16)11-7-9-6-8(2)4-5-10(9)12(15)14-11/h4-6,11H,3,7H2,1-2H3,(H,14,15). The van der Waals surface area contributed by atoms with Crippen molar-refractivity contribution < 1.29 is 14.3 Å². The lowest BCUT2D eigenvalue weighted by Gasteiger charge is -2.24. The zero-order chi connectivity index (χ0) is 12.4. The maximum atomic E-state index is 11.8. The fourth-order valence-electron chi connectivity index (χ4n) is 2.00. The molecule has 0 saturated carbocycles. The van der Waals surface area contributed by atoms with E-state index >= 15 is 0 Å². The van der Waals surface area contributed by atoms with Crippen LogP contribution in [0.15, 0.2) is 18.2 Å². The Morgan fingerprint density at radius 1 is 1.53 bits per heavy atom. The molecule has 1 aliphatic rings. The summed E-state index contributed by atoms with van der Waals surface area (Å²) in [6, 6.07) is 5.07. The van der Waals surface area contributed by atoms with Crippen LogP contribution in [0.2, 0.25) is 0 Å². The lowest BCUT2D eigenvalue weighted by Crippen LogP contribution is -2.47. The van der Waals surface area contributed by atoms with E-state index in [1.807, 2.05) is 19.1 Å². The van der Waals surface area contributed by atoms with E-state index in [4.69, 9.17) is 4.74 Å². The van der Waals surface area contributed by atoms with Crippen LogP contribution in [0.4, 0.5) is 0 Å². The first kappa shape index (κ1) is 11.6. The Hall–Kier alpha value is -1.84. The summed E-state index contributed by atoms with van der Waals surface area (Å²) in [6.45, 7) is 4.04. The van der Waals surface area contributed by atoms with Crippen LogP contribution >= 0.6 is 0 Å². The third-order valence-corrected chi connectivity index (χ3v) is 2.81. The molecule has 1 aromatic carbocycles. The van der Waals surface area contributed by atoms with Crippen molar-refractivity contribution in [2.45, 2.75) is 26.3 Å². The summed E-state index contributed by atoms with van der Waals surface area (Å²) in [5.41, 5.74) is 2.64. The fourth-order valence-corrected chi connectivity index (χ4v) is 2.00. The minimum Gasteiger partial charge on any atom is -0.464 e. The Morgan fingerprint density at radius 3 is 3.00 bits per heavy atom. The minimum atomic E-state index is -0.559. The molecule has 17 heavy (non-hydrogen) atoms. The van der Waals surface area contributed by atoms with Gasteiger partial charge in [-0.25, -0.2) is 4.79 Å². The van der Waals surface area contributed by atoms with Gasteiger partial charge in [-0.2, -0.15) is 0 Å². The van der Waals surface area contributed by atoms with Crippen LogP contribution in [-0.4, -0.2) is 24.5 Å². The Labute approximate surface area is 100.0 Å². The van der Waals surface area contributed by atoms with Gasteiger partial charge >= 0.3 is 5.97 Å². The molecule has 0 aromatic heterocycles. The zero-order valence-electron chi connectivity index (χ0n) is 9.95. The molecule has 0 bridgehead atoms. The van der Waals surface area contributed by atoms with E-state index in [9.17, 15) is 9.59 Å². The van der Waals surface area contributed by atoms with Gasteiger partial charge in [0, 0.05) is 12.0 Å². The minimum absolute atomic E-state index is 0.204. The predicted octanol–water partition coefficient (Wildman–Crippen LogP) is 1.21. The number of ether oxygens (including phenoxy) is 1. The maximum Gasteiger partial charge on any atom is 0.328 e. The zero-order valence-corrected chi connectivity index (χ0v) is 9.95. The van der Waals surface area contributed by atoms with Gasteiger partial charge in [0.15, 0.2) is 0 Å². The summed E-state index contributed by atoms with van der Waals surface area (Å²) in [5.74, 6) is -0.572. The summed E-state index contributed by atoms with van der Waals surface area (Å²) in [5, 5.41) is 2.66. The summed E-state index contributed by atoms with van der Waals surface area (Å²) >= 11 is 0. The van der Waals surface area contributed by atoms with E-state index in [-0.39, 0.29) is 11.9 Å². The number of benzene rings is 1. The van der Waals surface area contributed by atoms with Crippen LogP contribution in [0.25, 0.3) is 0 Å². The number of fused-ring (bicyclic) bond motifs is 1. The molecule has 0 spiro atoms. The Kier molecular flexibility index (Phi) is 3.13. The van der Waals surface area contributed by atoms with Gasteiger partial charge in [-0.15, -0.1) is 0 Å². The highest BCUT2D eigenvalue weighted by Crippen LogP contribution is 2.18. The predicted molar refractivity (Wildman–Crippen MR) is 62.8 cm³/mol. The second kappa shape index (κ2) is 4.57. The molecule has 2 rings (SSSR count). The van der Waals surface area contributed by atoms with Crippen molar-refractivity contribution in [2.24, 2.45) is 0 Å². The van der Waals surface area contributed by atoms with E-state index in [1.165, 1.54) is 0 Å². The second-order valence-electron chi connectivity index (χ2n) is 4.14. The third-order valence-electron chi connectivity index (χ3n) is 2.81. The fraction of sp³-hybridized carbons (Fsp3) is 0.385. The summed E-state index contributed by atoms with van der Waals surface area (Å²) < 4.78 is 4.92. The molecule has 1 heterocycles. The average molecular weight is 233 g/mol. The molecular formula is C13H15NO3. The van der Waals surface area contributed by atoms with Gasteiger partial charge in [-0.05, 0) is 25.5 Å². The van der Waals surface area contributed by atoms with Crippen LogP contribution in [0, 0.1) is 6.92 Å². The molecule has 1 aromatic rings. The number of nitrogens with one attached hydrogen (secondary N) is 1. The number of rotatable bonds is 2. The molecule has 1 atom stereocenters. The highest BCUT2D eigenvalue weighted by atomic mass is 16.5. The molecule has 1 N–H and O–H groups in total. The number of carbonyl (C=O) groups is 2. The average Bonchev–Trinajstić information content (AvgIpc) is 2.28. The van der Waals surface area contributed by atoms with E-state index < -0.39 is 6.04 Å². The Balaban J connectivity index is 2.26. The van der Waals surface area contributed by atoms with Crippen molar-refractivity contribution in [1.29, 1.82) is 0 Å². The molecule has 0 aliphatic carbocycles. The van der Waals surface area contributed by atoms with Gasteiger partial charge in [0.1, 0.15) is 6.04 Å². The summed E-state index contributed by atoms with van der Waals surface area (Å²) in [6.07, 6.45) is 0.502. The molecule has 4 heteroatoms. The van der Waals surface area contributed by atoms with E-state index in [2.05, 4.69) is 5.32 Å². The van der Waals surface area contributed by atoms with E-state index in [1.54, 1.807) is 13.0 Å². The topological polar surface area (TPSA) is 55.4 Å². The normalized spacial score (nSPS) is 18.2. The van der Waals surface area contributed by atoms with Crippen molar-refractivity contribution in [3.8, 4) is 0 Å². The van der Waals surface area contributed by atoms with Gasteiger partial charge in [-0.1, -0.05) is 17.7 Å². The maximum absolute atomic E-state index is 11.8. The monoisotopic (exact) mass is 233 g/mol. The molecule has 0 saturated heterocycles. The van der Waals surface area contributed by atoms with Crippen LogP contribution < -0.4 is 5.32 Å². The van der Waals surface area contributed by atoms with E-state index in [0.717, 1.165) is 11.1 Å². The van der Waals surface area contributed by atoms with Gasteiger partial charge in [-0.3, -0.25) is 4.79 Å². The highest BCUT2D eigenvalue weighted by Gasteiger charge is 2.29. The highest BCUT2D eigenvalue weighted by molar-refractivity contribution is 6.00. The first-order chi connectivity index (χ1) is 8.11. The molecule has 1 unspecified atom stereocenters. The Bertz CT molecular complexity index is 468. The van der Waals surface area contributed by atoms with Gasteiger partial charge in [0.05, 0.1) is 6.61 Å². The van der Waals surface area contributed by atoms with Crippen molar-refractivity contribution in [3.63, 3.8) is 0 Å². The number of esters is 1. The quantitative estimate of drug-likeness (QED) is 0.781. The van der Waals surface area contributed by atoms with Crippen molar-refractivity contribution in [1.82, 2.24) is 5.32 Å². The largest absolute Gasteiger partial charge is 0.464 e. The first-order valence-electron chi connectivity index (χ1n) is 5.69. The van der Waals surface area contributed by atoms with Crippen molar-refractivity contribution in [2.75, 3.05) is 6.61 Å². The van der Waals surface area contributed by atoms with Crippen LogP contribution in [0.5, 0.6) is 0 Å².